The van der Waals surface area contributed by atoms with E-state index in [1.165, 1.54) is 0 Å². The smallest absolute Gasteiger partial charge is 0.427 e. The number of nitrogens with two attached hydrogens (primary N) is 1. The molecule has 0 aliphatic heterocycles. The maximum atomic E-state index is 12.7. The lowest BCUT2D eigenvalue weighted by atomic mass is 9.98. The van der Waals surface area contributed by atoms with Crippen LogP contribution in [0, 0.1) is 0 Å². The summed E-state index contributed by atoms with van der Waals surface area (Å²) in [5.41, 5.74) is 8.33. The van der Waals surface area contributed by atoms with Gasteiger partial charge in [-0.3, -0.25) is 4.99 Å². The van der Waals surface area contributed by atoms with Gasteiger partial charge in [-0.15, -0.1) is 4.90 Å². The molecule has 1 aliphatic rings. The first-order valence-corrected chi connectivity index (χ1v) is 14.0. The summed E-state index contributed by atoms with van der Waals surface area (Å²) in [5.74, 6) is -1.90. The first-order valence-electron chi connectivity index (χ1n) is 14.0. The molecule has 0 saturated carbocycles. The average molecular weight is 597 g/mol. The summed E-state index contributed by atoms with van der Waals surface area (Å²) >= 11 is 0. The van der Waals surface area contributed by atoms with E-state index in [4.69, 9.17) is 19.9 Å². The van der Waals surface area contributed by atoms with Gasteiger partial charge in [0.25, 0.3) is 0 Å². The quantitative estimate of drug-likeness (QED) is 0.159. The van der Waals surface area contributed by atoms with Gasteiger partial charge >= 0.3 is 24.2 Å². The van der Waals surface area contributed by atoms with Crippen LogP contribution in [0.4, 0.5) is 14.4 Å². The van der Waals surface area contributed by atoms with Gasteiger partial charge in [0.2, 0.25) is 5.96 Å². The van der Waals surface area contributed by atoms with E-state index in [9.17, 15) is 24.3 Å². The molecule has 0 spiro atoms. The van der Waals surface area contributed by atoms with Gasteiger partial charge in [0.15, 0.2) is 0 Å². The Morgan fingerprint density at radius 3 is 1.86 bits per heavy atom. The lowest BCUT2D eigenvalue weighted by Crippen LogP contribution is -2.50. The van der Waals surface area contributed by atoms with Crippen molar-refractivity contribution >= 4 is 30.2 Å². The summed E-state index contributed by atoms with van der Waals surface area (Å²) < 4.78 is 16.0. The van der Waals surface area contributed by atoms with Gasteiger partial charge in [-0.1, -0.05) is 48.5 Å². The van der Waals surface area contributed by atoms with Crippen LogP contribution in [0.3, 0.4) is 0 Å². The number of aliphatic imine (C=N–C) groups is 1. The zero-order valence-electron chi connectivity index (χ0n) is 25.4. The van der Waals surface area contributed by atoms with Gasteiger partial charge in [0.05, 0.1) is 0 Å². The number of carbonyl (C=O) groups is 4. The Morgan fingerprint density at radius 1 is 0.907 bits per heavy atom. The number of nitrogens with zero attached hydrogens (tertiary/aromatic N) is 2. The van der Waals surface area contributed by atoms with Gasteiger partial charge in [-0.05, 0) is 76.6 Å². The van der Waals surface area contributed by atoms with Gasteiger partial charge in [0, 0.05) is 12.5 Å². The standard InChI is InChI=1S/C31H40N4O8/c1-30(2,3)42-28(39)35(29(40)43-31(4,5)6)26(32)33-17-11-16-24(25(36)37)34-27(38)41-18-23-21-14-9-7-12-19(21)20-13-8-10-15-22(20)23/h7-10,12-15,23-24H,11,16-18H2,1-6H3,(H2,32,33)(H,34,38)(H,36,37)/t24-/m1/s1. The number of carboxylic acids is 1. The molecular weight excluding hydrogens is 556 g/mol. The van der Waals surface area contributed by atoms with Gasteiger partial charge in [-0.25, -0.2) is 19.2 Å². The highest BCUT2D eigenvalue weighted by molar-refractivity contribution is 6.07. The van der Waals surface area contributed by atoms with Crippen LogP contribution in [0.25, 0.3) is 11.1 Å². The second-order valence-electron chi connectivity index (χ2n) is 12.0. The second-order valence-corrected chi connectivity index (χ2v) is 12.0. The fraction of sp³-hybridized carbons (Fsp3) is 0.452. The monoisotopic (exact) mass is 596 g/mol. The Hall–Kier alpha value is -4.61. The third-order valence-corrected chi connectivity index (χ3v) is 6.24. The number of hydrogen-bond acceptors (Lipinski definition) is 8. The normalized spacial score (nSPS) is 13.8. The molecule has 1 aliphatic carbocycles. The molecule has 0 fully saturated rings. The summed E-state index contributed by atoms with van der Waals surface area (Å²) in [7, 11) is 0. The van der Waals surface area contributed by atoms with E-state index in [0.717, 1.165) is 22.3 Å². The molecule has 0 radical (unpaired) electrons. The highest BCUT2D eigenvalue weighted by atomic mass is 16.6. The number of imide groups is 1. The number of fused-ring (bicyclic) bond motifs is 3. The number of benzene rings is 2. The number of aliphatic carboxylic acids is 1. The Kier molecular flexibility index (Phi) is 10.4. The molecule has 12 nitrogen and oxygen atoms in total. The first kappa shape index (κ1) is 32.9. The molecule has 0 bridgehead atoms. The molecule has 232 valence electrons. The molecule has 12 heteroatoms. The van der Waals surface area contributed by atoms with Crippen molar-refractivity contribution in [2.45, 2.75) is 77.5 Å². The van der Waals surface area contributed by atoms with Gasteiger partial charge < -0.3 is 30.4 Å². The van der Waals surface area contributed by atoms with Crippen LogP contribution in [-0.4, -0.2) is 70.6 Å². The zero-order chi connectivity index (χ0) is 31.9. The van der Waals surface area contributed by atoms with Crippen molar-refractivity contribution in [1.29, 1.82) is 0 Å². The number of carboxylic acid groups (broad SMARTS) is 1. The first-order chi connectivity index (χ1) is 20.1. The number of guanidine groups is 1. The maximum absolute atomic E-state index is 12.7. The summed E-state index contributed by atoms with van der Waals surface area (Å²) in [4.78, 5) is 54.3. The van der Waals surface area contributed by atoms with Gasteiger partial charge in [-0.2, -0.15) is 0 Å². The van der Waals surface area contributed by atoms with Crippen molar-refractivity contribution in [2.75, 3.05) is 13.2 Å². The van der Waals surface area contributed by atoms with Crippen molar-refractivity contribution in [3.05, 3.63) is 59.7 Å². The van der Waals surface area contributed by atoms with E-state index in [-0.39, 0.29) is 31.9 Å². The Labute approximate surface area is 251 Å². The highest BCUT2D eigenvalue weighted by Gasteiger charge is 2.34. The topological polar surface area (TPSA) is 170 Å². The van der Waals surface area contributed by atoms with E-state index in [2.05, 4.69) is 10.3 Å². The number of carbonyl (C=O) groups excluding carboxylic acids is 3. The van der Waals surface area contributed by atoms with Crippen LogP contribution in [-0.2, 0) is 19.0 Å². The molecule has 4 N–H and O–H groups in total. The number of alkyl carbamates (subject to hydrolysis) is 1. The molecule has 1 atom stereocenters. The number of amides is 3. The van der Waals surface area contributed by atoms with E-state index in [1.54, 1.807) is 41.5 Å². The molecule has 3 rings (SSSR count). The predicted molar refractivity (Wildman–Crippen MR) is 160 cm³/mol. The van der Waals surface area contributed by atoms with Crippen molar-refractivity contribution in [2.24, 2.45) is 10.7 Å². The minimum atomic E-state index is -1.26. The SMILES string of the molecule is CC(C)(C)OC(=O)N(C(=O)OC(C)(C)C)C(N)=NCCC[C@@H](NC(=O)OCC1c2ccccc2-c2ccccc21)C(=O)O. The summed E-state index contributed by atoms with van der Waals surface area (Å²) in [6.07, 6.45) is -2.86. The van der Waals surface area contributed by atoms with E-state index in [0.29, 0.717) is 4.90 Å². The molecule has 0 aromatic heterocycles. The predicted octanol–water partition coefficient (Wildman–Crippen LogP) is 5.25. The van der Waals surface area contributed by atoms with E-state index < -0.39 is 47.5 Å². The molecule has 43 heavy (non-hydrogen) atoms. The van der Waals surface area contributed by atoms with Crippen molar-refractivity contribution in [3.8, 4) is 11.1 Å². The molecule has 0 unspecified atom stereocenters. The van der Waals surface area contributed by atoms with Crippen LogP contribution in [0.15, 0.2) is 53.5 Å². The molecular formula is C31H40N4O8. The third-order valence-electron chi connectivity index (χ3n) is 6.24. The third kappa shape index (κ3) is 9.19. The molecule has 0 saturated heterocycles. The Balaban J connectivity index is 1.58. The fourth-order valence-electron chi connectivity index (χ4n) is 4.48. The lowest BCUT2D eigenvalue weighted by Gasteiger charge is -2.27. The second kappa shape index (κ2) is 13.6. The summed E-state index contributed by atoms with van der Waals surface area (Å²) in [5, 5.41) is 12.0. The minimum absolute atomic E-state index is 0.0187. The molecule has 2 aromatic rings. The van der Waals surface area contributed by atoms with Crippen LogP contribution in [0.5, 0.6) is 0 Å². The minimum Gasteiger partial charge on any atom is -0.480 e. The van der Waals surface area contributed by atoms with E-state index in [1.807, 2.05) is 48.5 Å². The van der Waals surface area contributed by atoms with Crippen molar-refractivity contribution in [1.82, 2.24) is 10.2 Å². The number of hydrogen-bond donors (Lipinski definition) is 3. The van der Waals surface area contributed by atoms with Crippen molar-refractivity contribution < 1.29 is 38.5 Å². The number of rotatable bonds is 8. The summed E-state index contributed by atoms with van der Waals surface area (Å²) in [6.45, 7) is 9.75. The van der Waals surface area contributed by atoms with Crippen LogP contribution in [0.2, 0.25) is 0 Å². The largest absolute Gasteiger partial charge is 0.480 e. The van der Waals surface area contributed by atoms with Crippen molar-refractivity contribution in [3.63, 3.8) is 0 Å². The van der Waals surface area contributed by atoms with Crippen LogP contribution < -0.4 is 11.1 Å². The number of nitrogens with one attached hydrogen (secondary N) is 1. The summed E-state index contributed by atoms with van der Waals surface area (Å²) in [6, 6.07) is 14.5. The zero-order valence-corrected chi connectivity index (χ0v) is 25.4. The molecule has 3 amide bonds. The molecule has 2 aromatic carbocycles. The molecule has 0 heterocycles. The van der Waals surface area contributed by atoms with Gasteiger partial charge in [0.1, 0.15) is 23.9 Å². The highest BCUT2D eigenvalue weighted by Crippen LogP contribution is 2.44. The fourth-order valence-corrected chi connectivity index (χ4v) is 4.48. The van der Waals surface area contributed by atoms with Crippen LogP contribution >= 0.6 is 0 Å². The Morgan fingerprint density at radius 2 is 1.40 bits per heavy atom. The number of ether oxygens (including phenoxy) is 3. The maximum Gasteiger partial charge on any atom is 0.427 e. The van der Waals surface area contributed by atoms with Crippen LogP contribution in [0.1, 0.15) is 71.4 Å². The lowest BCUT2D eigenvalue weighted by molar-refractivity contribution is -0.139. The Bertz CT molecular complexity index is 1300. The van der Waals surface area contributed by atoms with E-state index >= 15 is 0 Å². The average Bonchev–Trinajstić information content (AvgIpc) is 3.20.